The van der Waals surface area contributed by atoms with Gasteiger partial charge in [-0.1, -0.05) is 18.2 Å². The van der Waals surface area contributed by atoms with Crippen LogP contribution in [0.15, 0.2) is 48.5 Å². The molecule has 4 rings (SSSR count). The van der Waals surface area contributed by atoms with Gasteiger partial charge in [0.1, 0.15) is 5.75 Å². The summed E-state index contributed by atoms with van der Waals surface area (Å²) in [4.78, 5) is 26.6. The zero-order valence-corrected chi connectivity index (χ0v) is 20.0. The first-order valence-corrected chi connectivity index (χ1v) is 11.9. The molecule has 0 radical (unpaired) electrons. The number of halogens is 3. The van der Waals surface area contributed by atoms with Crippen LogP contribution in [0.2, 0.25) is 0 Å². The van der Waals surface area contributed by atoms with Gasteiger partial charge in [-0.15, -0.1) is 0 Å². The van der Waals surface area contributed by atoms with Crippen molar-refractivity contribution >= 4 is 11.8 Å². The summed E-state index contributed by atoms with van der Waals surface area (Å²) in [5, 5.41) is 16.3. The largest absolute Gasteiger partial charge is 0.497 e. The van der Waals surface area contributed by atoms with Crippen LogP contribution in [0.4, 0.5) is 13.2 Å². The van der Waals surface area contributed by atoms with Crippen molar-refractivity contribution in [3.05, 3.63) is 65.2 Å². The first-order chi connectivity index (χ1) is 17.1. The molecule has 0 unspecified atom stereocenters. The maximum atomic E-state index is 12.8. The van der Waals surface area contributed by atoms with Crippen LogP contribution in [0.5, 0.6) is 5.75 Å². The van der Waals surface area contributed by atoms with Crippen LogP contribution >= 0.6 is 0 Å². The molecule has 194 valence electrons. The summed E-state index contributed by atoms with van der Waals surface area (Å²) in [6.07, 6.45) is -1.55. The highest BCUT2D eigenvalue weighted by Crippen LogP contribution is 2.40. The second kappa shape index (κ2) is 10.5. The SMILES string of the molecule is COc1ccc([C@]2(O)CC[C@H](N3CC(NC(=O)CNC(=O)c4cccc(C(F)(F)F)c4)C3)CC2)cc1. The number of carbonyl (C=O) groups is 2. The summed E-state index contributed by atoms with van der Waals surface area (Å²) in [5.74, 6) is -0.379. The summed E-state index contributed by atoms with van der Waals surface area (Å²) in [7, 11) is 1.61. The van der Waals surface area contributed by atoms with Crippen molar-refractivity contribution in [3.63, 3.8) is 0 Å². The van der Waals surface area contributed by atoms with Crippen molar-refractivity contribution in [3.8, 4) is 5.75 Å². The molecule has 1 aliphatic heterocycles. The maximum absolute atomic E-state index is 12.8. The van der Waals surface area contributed by atoms with Gasteiger partial charge in [0.2, 0.25) is 5.91 Å². The van der Waals surface area contributed by atoms with E-state index < -0.39 is 29.2 Å². The van der Waals surface area contributed by atoms with E-state index in [0.29, 0.717) is 32.0 Å². The Bertz CT molecular complexity index is 1080. The molecule has 36 heavy (non-hydrogen) atoms. The zero-order chi connectivity index (χ0) is 25.9. The molecule has 1 saturated heterocycles. The van der Waals surface area contributed by atoms with Gasteiger partial charge in [0, 0.05) is 24.7 Å². The number of nitrogens with one attached hydrogen (secondary N) is 2. The van der Waals surface area contributed by atoms with Gasteiger partial charge < -0.3 is 20.5 Å². The molecule has 0 bridgehead atoms. The average molecular weight is 506 g/mol. The molecule has 2 aromatic carbocycles. The summed E-state index contributed by atoms with van der Waals surface area (Å²) in [6, 6.07) is 11.9. The lowest BCUT2D eigenvalue weighted by Gasteiger charge is -2.48. The molecule has 2 fully saturated rings. The van der Waals surface area contributed by atoms with Crippen LogP contribution in [-0.2, 0) is 16.6 Å². The fraction of sp³-hybridized carbons (Fsp3) is 0.462. The maximum Gasteiger partial charge on any atom is 0.416 e. The molecule has 1 heterocycles. The second-order valence-corrected chi connectivity index (χ2v) is 9.47. The minimum Gasteiger partial charge on any atom is -0.497 e. The van der Waals surface area contributed by atoms with Crippen LogP contribution in [0, 0.1) is 0 Å². The summed E-state index contributed by atoms with van der Waals surface area (Å²) < 4.78 is 43.7. The first kappa shape index (κ1) is 26.0. The number of aliphatic hydroxyl groups is 1. The van der Waals surface area contributed by atoms with Crippen molar-refractivity contribution < 1.29 is 32.6 Å². The van der Waals surface area contributed by atoms with Crippen LogP contribution in [0.25, 0.3) is 0 Å². The summed E-state index contributed by atoms with van der Waals surface area (Å²) in [5.41, 5.74) is -1.03. The molecule has 0 spiro atoms. The molecule has 0 atom stereocenters. The van der Waals surface area contributed by atoms with Gasteiger partial charge in [0.05, 0.1) is 30.9 Å². The third-order valence-electron chi connectivity index (χ3n) is 7.06. The lowest BCUT2D eigenvalue weighted by atomic mass is 9.76. The van der Waals surface area contributed by atoms with Crippen molar-refractivity contribution in [2.24, 2.45) is 0 Å². The van der Waals surface area contributed by atoms with Gasteiger partial charge in [-0.3, -0.25) is 14.5 Å². The number of rotatable bonds is 7. The number of nitrogens with zero attached hydrogens (tertiary/aromatic N) is 1. The normalized spacial score (nSPS) is 23.0. The number of carbonyl (C=O) groups excluding carboxylic acids is 2. The van der Waals surface area contributed by atoms with E-state index in [-0.39, 0.29) is 18.2 Å². The number of methoxy groups -OCH3 is 1. The van der Waals surface area contributed by atoms with E-state index in [2.05, 4.69) is 15.5 Å². The minimum atomic E-state index is -4.55. The Balaban J connectivity index is 1.18. The molecule has 10 heteroatoms. The highest BCUT2D eigenvalue weighted by Gasteiger charge is 2.40. The van der Waals surface area contributed by atoms with E-state index >= 15 is 0 Å². The monoisotopic (exact) mass is 505 g/mol. The molecule has 1 aliphatic carbocycles. The number of ether oxygens (including phenoxy) is 1. The number of hydrogen-bond acceptors (Lipinski definition) is 5. The van der Waals surface area contributed by atoms with E-state index in [0.717, 1.165) is 42.4 Å². The highest BCUT2D eigenvalue weighted by molar-refractivity contribution is 5.96. The van der Waals surface area contributed by atoms with E-state index in [1.165, 1.54) is 6.07 Å². The molecule has 7 nitrogen and oxygen atoms in total. The van der Waals surface area contributed by atoms with E-state index in [1.54, 1.807) is 7.11 Å². The van der Waals surface area contributed by atoms with E-state index in [1.807, 2.05) is 24.3 Å². The quantitative estimate of drug-likeness (QED) is 0.538. The molecule has 3 N–H and O–H groups in total. The predicted octanol–water partition coefficient (Wildman–Crippen LogP) is 3.07. The first-order valence-electron chi connectivity index (χ1n) is 11.9. The molecule has 1 saturated carbocycles. The summed E-state index contributed by atoms with van der Waals surface area (Å²) in [6.45, 7) is 1.04. The molecule has 2 amide bonds. The Labute approximate surface area is 207 Å². The Morgan fingerprint density at radius 3 is 2.39 bits per heavy atom. The summed E-state index contributed by atoms with van der Waals surface area (Å²) >= 11 is 0. The lowest BCUT2D eigenvalue weighted by molar-refractivity contribution is -0.137. The fourth-order valence-electron chi connectivity index (χ4n) is 4.92. The highest BCUT2D eigenvalue weighted by atomic mass is 19.4. The second-order valence-electron chi connectivity index (χ2n) is 9.47. The van der Waals surface area contributed by atoms with Crippen LogP contribution in [0.1, 0.15) is 47.2 Å². The molecule has 2 aromatic rings. The van der Waals surface area contributed by atoms with Crippen molar-refractivity contribution in [2.45, 2.75) is 49.5 Å². The van der Waals surface area contributed by atoms with Crippen molar-refractivity contribution in [1.29, 1.82) is 0 Å². The topological polar surface area (TPSA) is 90.9 Å². The third-order valence-corrected chi connectivity index (χ3v) is 7.06. The van der Waals surface area contributed by atoms with Gasteiger partial charge >= 0.3 is 6.18 Å². The average Bonchev–Trinajstić information content (AvgIpc) is 2.85. The Kier molecular flexibility index (Phi) is 7.56. The van der Waals surface area contributed by atoms with E-state index in [4.69, 9.17) is 4.74 Å². The third kappa shape index (κ3) is 5.99. The van der Waals surface area contributed by atoms with Crippen molar-refractivity contribution in [2.75, 3.05) is 26.7 Å². The van der Waals surface area contributed by atoms with Gasteiger partial charge in [-0.2, -0.15) is 13.2 Å². The smallest absolute Gasteiger partial charge is 0.416 e. The number of hydrogen-bond donors (Lipinski definition) is 3. The standard InChI is InChI=1S/C26H30F3N3O4/c1-36-22-7-5-18(6-8-22)25(35)11-9-21(10-12-25)32-15-20(16-32)31-23(33)14-30-24(34)17-3-2-4-19(13-17)26(27,28)29/h2-8,13,20-21,35H,9-12,14-16H2,1H3,(H,30,34)(H,31,33)/t21-,25-. The van der Waals surface area contributed by atoms with Gasteiger partial charge in [0.15, 0.2) is 0 Å². The predicted molar refractivity (Wildman–Crippen MR) is 126 cm³/mol. The number of alkyl halides is 3. The van der Waals surface area contributed by atoms with Crippen LogP contribution < -0.4 is 15.4 Å². The van der Waals surface area contributed by atoms with Gasteiger partial charge in [-0.05, 0) is 61.6 Å². The number of amides is 2. The molecule has 2 aliphatic rings. The Hall–Kier alpha value is -3.11. The van der Waals surface area contributed by atoms with Crippen molar-refractivity contribution in [1.82, 2.24) is 15.5 Å². The molecule has 0 aromatic heterocycles. The Morgan fingerprint density at radius 1 is 1.11 bits per heavy atom. The minimum absolute atomic E-state index is 0.0506. The van der Waals surface area contributed by atoms with Crippen LogP contribution in [0.3, 0.4) is 0 Å². The zero-order valence-electron chi connectivity index (χ0n) is 20.0. The Morgan fingerprint density at radius 2 is 1.78 bits per heavy atom. The van der Waals surface area contributed by atoms with Gasteiger partial charge in [-0.25, -0.2) is 0 Å². The lowest BCUT2D eigenvalue weighted by Crippen LogP contribution is -2.63. The molecular formula is C26H30F3N3O4. The van der Waals surface area contributed by atoms with E-state index in [9.17, 15) is 27.9 Å². The van der Waals surface area contributed by atoms with Gasteiger partial charge in [0.25, 0.3) is 5.91 Å². The fourth-order valence-corrected chi connectivity index (χ4v) is 4.92. The number of likely N-dealkylation sites (tertiary alicyclic amines) is 1. The number of benzene rings is 2. The van der Waals surface area contributed by atoms with Crippen LogP contribution in [-0.4, -0.2) is 60.6 Å². The molecular weight excluding hydrogens is 475 g/mol.